The van der Waals surface area contributed by atoms with Gasteiger partial charge in [-0.1, -0.05) is 225 Å². The third kappa shape index (κ3) is 37.2. The minimum absolute atomic E-state index is 0.286. The molecule has 0 aromatic rings. The van der Waals surface area contributed by atoms with Crippen molar-refractivity contribution < 1.29 is 28.0 Å². The topological polar surface area (TPSA) is 124 Å². The Morgan fingerprint density at radius 1 is 0.529 bits per heavy atom. The second-order valence-corrected chi connectivity index (χ2v) is 17.0. The van der Waals surface area contributed by atoms with Crippen LogP contribution in [-0.4, -0.2) is 53.1 Å². The molecule has 51 heavy (non-hydrogen) atoms. The normalized spacial score (nSPS) is 13.9. The number of hydrogen-bond donors (Lipinski definition) is 4. The molecule has 304 valence electrons. The SMILES string of the molecule is CCCCCCCCCCCC/C=C/C(O)C(CS(=O)(=O)O)NC(=O)C(O)CCCCCCCCCCCCCCCCCCCCCCCC. The summed E-state index contributed by atoms with van der Waals surface area (Å²) in [4.78, 5) is 12.6. The third-order valence-corrected chi connectivity index (χ3v) is 11.1. The molecule has 1 amide bonds. The monoisotopic (exact) mass is 744 g/mol. The average molecular weight is 744 g/mol. The van der Waals surface area contributed by atoms with Crippen LogP contribution in [0.2, 0.25) is 0 Å². The summed E-state index contributed by atoms with van der Waals surface area (Å²) in [5, 5.41) is 23.4. The lowest BCUT2D eigenvalue weighted by atomic mass is 10.0. The summed E-state index contributed by atoms with van der Waals surface area (Å²) >= 11 is 0. The lowest BCUT2D eigenvalue weighted by molar-refractivity contribution is -0.130. The number of nitrogens with one attached hydrogen (secondary N) is 1. The third-order valence-electron chi connectivity index (χ3n) is 10.3. The fourth-order valence-corrected chi connectivity index (χ4v) is 7.66. The summed E-state index contributed by atoms with van der Waals surface area (Å²) in [6.45, 7) is 4.51. The highest BCUT2D eigenvalue weighted by molar-refractivity contribution is 7.85. The molecule has 0 aromatic carbocycles. The van der Waals surface area contributed by atoms with E-state index in [1.54, 1.807) is 6.08 Å². The molecular formula is C43H85NO6S. The van der Waals surface area contributed by atoms with E-state index in [2.05, 4.69) is 19.2 Å². The predicted octanol–water partition coefficient (Wildman–Crippen LogP) is 11.9. The second-order valence-electron chi connectivity index (χ2n) is 15.5. The highest BCUT2D eigenvalue weighted by Gasteiger charge is 2.27. The summed E-state index contributed by atoms with van der Waals surface area (Å²) < 4.78 is 32.5. The molecule has 0 bridgehead atoms. The number of carbonyl (C=O) groups excluding carboxylic acids is 1. The lowest BCUT2D eigenvalue weighted by Gasteiger charge is -2.22. The quantitative estimate of drug-likeness (QED) is 0.0281. The molecule has 0 rings (SSSR count). The number of aliphatic hydroxyl groups is 2. The van der Waals surface area contributed by atoms with E-state index in [-0.39, 0.29) is 6.42 Å². The standard InChI is InChI=1S/C43H85NO6S/c1-3-5-7-9-11-13-15-17-18-19-20-21-22-23-24-25-26-28-30-32-34-36-38-42(46)43(47)44-40(39-51(48,49)50)41(45)37-35-33-31-29-27-16-14-12-10-8-6-4-2/h35,37,40-42,45-46H,3-34,36,38-39H2,1-2H3,(H,44,47)(H,48,49,50)/b37-35+. The fourth-order valence-electron chi connectivity index (χ4n) is 6.93. The zero-order chi connectivity index (χ0) is 37.7. The summed E-state index contributed by atoms with van der Waals surface area (Å²) in [6, 6.07) is -1.23. The van der Waals surface area contributed by atoms with Crippen LogP contribution in [0, 0.1) is 0 Å². The molecule has 0 saturated carbocycles. The van der Waals surface area contributed by atoms with Gasteiger partial charge in [-0.25, -0.2) is 0 Å². The summed E-state index contributed by atoms with van der Waals surface area (Å²) in [7, 11) is -4.43. The largest absolute Gasteiger partial charge is 0.387 e. The first-order valence-electron chi connectivity index (χ1n) is 22.0. The van der Waals surface area contributed by atoms with Crippen LogP contribution in [0.5, 0.6) is 0 Å². The molecule has 0 aliphatic carbocycles. The Morgan fingerprint density at radius 2 is 0.843 bits per heavy atom. The molecule has 0 heterocycles. The van der Waals surface area contributed by atoms with Gasteiger partial charge in [-0.2, -0.15) is 8.42 Å². The van der Waals surface area contributed by atoms with E-state index in [0.29, 0.717) is 6.42 Å². The molecule has 4 N–H and O–H groups in total. The first-order valence-corrected chi connectivity index (χ1v) is 23.6. The number of amides is 1. The second kappa shape index (κ2) is 37.4. The molecular weight excluding hydrogens is 659 g/mol. The molecule has 7 nitrogen and oxygen atoms in total. The highest BCUT2D eigenvalue weighted by Crippen LogP contribution is 2.16. The molecule has 0 spiro atoms. The maximum Gasteiger partial charge on any atom is 0.267 e. The highest BCUT2D eigenvalue weighted by atomic mass is 32.2. The number of allylic oxidation sites excluding steroid dienone is 1. The van der Waals surface area contributed by atoms with Crippen LogP contribution in [0.25, 0.3) is 0 Å². The number of unbranched alkanes of at least 4 members (excludes halogenated alkanes) is 31. The summed E-state index contributed by atoms with van der Waals surface area (Å²) in [6.07, 6.45) is 42.8. The van der Waals surface area contributed by atoms with E-state index in [1.165, 1.54) is 173 Å². The van der Waals surface area contributed by atoms with Gasteiger partial charge in [0.2, 0.25) is 5.91 Å². The van der Waals surface area contributed by atoms with Crippen molar-refractivity contribution in [2.45, 2.75) is 250 Å². The van der Waals surface area contributed by atoms with E-state index in [1.807, 2.05) is 0 Å². The van der Waals surface area contributed by atoms with Crippen molar-refractivity contribution >= 4 is 16.0 Å². The molecule has 8 heteroatoms. The molecule has 0 radical (unpaired) electrons. The van der Waals surface area contributed by atoms with Gasteiger partial charge in [0.1, 0.15) is 6.10 Å². The molecule has 3 atom stereocenters. The molecule has 0 aliphatic heterocycles. The van der Waals surface area contributed by atoms with Crippen molar-refractivity contribution in [3.05, 3.63) is 12.2 Å². The summed E-state index contributed by atoms with van der Waals surface area (Å²) in [5.41, 5.74) is 0. The number of aliphatic hydroxyl groups excluding tert-OH is 2. The van der Waals surface area contributed by atoms with Crippen LogP contribution in [0.1, 0.15) is 232 Å². The van der Waals surface area contributed by atoms with Gasteiger partial charge in [0.25, 0.3) is 10.1 Å². The molecule has 0 aliphatic rings. The first-order chi connectivity index (χ1) is 24.7. The minimum Gasteiger partial charge on any atom is -0.387 e. The van der Waals surface area contributed by atoms with Crippen molar-refractivity contribution in [2.75, 3.05) is 5.75 Å². The Labute approximate surface area is 316 Å². The lowest BCUT2D eigenvalue weighted by Crippen LogP contribution is -2.50. The predicted molar refractivity (Wildman–Crippen MR) is 218 cm³/mol. The van der Waals surface area contributed by atoms with Crippen LogP contribution in [0.15, 0.2) is 12.2 Å². The van der Waals surface area contributed by atoms with Gasteiger partial charge in [0, 0.05) is 0 Å². The number of hydrogen-bond acceptors (Lipinski definition) is 5. The molecule has 0 saturated heterocycles. The molecule has 3 unspecified atom stereocenters. The number of rotatable bonds is 40. The van der Waals surface area contributed by atoms with Crippen LogP contribution in [0.4, 0.5) is 0 Å². The van der Waals surface area contributed by atoms with E-state index in [4.69, 9.17) is 0 Å². The van der Waals surface area contributed by atoms with Crippen LogP contribution >= 0.6 is 0 Å². The van der Waals surface area contributed by atoms with Gasteiger partial charge in [0.15, 0.2) is 0 Å². The first kappa shape index (κ1) is 50.0. The van der Waals surface area contributed by atoms with Gasteiger partial charge < -0.3 is 15.5 Å². The Balaban J connectivity index is 3.88. The smallest absolute Gasteiger partial charge is 0.267 e. The minimum atomic E-state index is -4.43. The molecule has 0 aromatic heterocycles. The van der Waals surface area contributed by atoms with Crippen molar-refractivity contribution in [1.82, 2.24) is 5.32 Å². The van der Waals surface area contributed by atoms with Gasteiger partial charge in [0.05, 0.1) is 17.9 Å². The van der Waals surface area contributed by atoms with Crippen molar-refractivity contribution in [1.29, 1.82) is 0 Å². The van der Waals surface area contributed by atoms with Crippen LogP contribution in [-0.2, 0) is 14.9 Å². The van der Waals surface area contributed by atoms with Crippen LogP contribution in [0.3, 0.4) is 0 Å². The van der Waals surface area contributed by atoms with E-state index >= 15 is 0 Å². The van der Waals surface area contributed by atoms with Gasteiger partial charge in [-0.3, -0.25) is 9.35 Å². The maximum atomic E-state index is 12.6. The van der Waals surface area contributed by atoms with E-state index < -0.39 is 40.0 Å². The Bertz CT molecular complexity index is 880. The Kier molecular flexibility index (Phi) is 36.7. The van der Waals surface area contributed by atoms with Crippen LogP contribution < -0.4 is 5.32 Å². The van der Waals surface area contributed by atoms with E-state index in [0.717, 1.165) is 38.5 Å². The Hall–Kier alpha value is -0.960. The molecule has 0 fully saturated rings. The zero-order valence-electron chi connectivity index (χ0n) is 33.6. The zero-order valence-corrected chi connectivity index (χ0v) is 34.4. The Morgan fingerprint density at radius 3 is 1.18 bits per heavy atom. The fraction of sp³-hybridized carbons (Fsp3) is 0.930. The number of carbonyl (C=O) groups is 1. The van der Waals surface area contributed by atoms with E-state index in [9.17, 15) is 28.0 Å². The van der Waals surface area contributed by atoms with Gasteiger partial charge in [-0.15, -0.1) is 0 Å². The van der Waals surface area contributed by atoms with Crippen molar-refractivity contribution in [2.24, 2.45) is 0 Å². The summed E-state index contributed by atoms with van der Waals surface area (Å²) in [5.74, 6) is -1.52. The average Bonchev–Trinajstić information content (AvgIpc) is 3.09. The van der Waals surface area contributed by atoms with Gasteiger partial charge in [-0.05, 0) is 19.3 Å². The van der Waals surface area contributed by atoms with Crippen molar-refractivity contribution in [3.8, 4) is 0 Å². The van der Waals surface area contributed by atoms with Gasteiger partial charge >= 0.3 is 0 Å². The van der Waals surface area contributed by atoms with Crippen molar-refractivity contribution in [3.63, 3.8) is 0 Å². The maximum absolute atomic E-state index is 12.6.